The van der Waals surface area contributed by atoms with E-state index in [1.54, 1.807) is 17.5 Å². The molecule has 1 aliphatic heterocycles. The summed E-state index contributed by atoms with van der Waals surface area (Å²) < 4.78 is 26.4. The van der Waals surface area contributed by atoms with Crippen LogP contribution in [0.2, 0.25) is 0 Å². The van der Waals surface area contributed by atoms with Gasteiger partial charge in [0.25, 0.3) is 15.9 Å². The fourth-order valence-corrected chi connectivity index (χ4v) is 4.85. The number of carbonyl (C=O) groups excluding carboxylic acids is 1. The second-order valence-corrected chi connectivity index (χ2v) is 7.90. The van der Waals surface area contributed by atoms with Crippen molar-refractivity contribution >= 4 is 27.3 Å². The molecule has 0 aliphatic carbocycles. The number of hydrogen-bond acceptors (Lipinski definition) is 5. The van der Waals surface area contributed by atoms with Crippen LogP contribution in [-0.2, 0) is 10.0 Å². The van der Waals surface area contributed by atoms with Gasteiger partial charge in [0, 0.05) is 32.4 Å². The highest BCUT2D eigenvalue weighted by Crippen LogP contribution is 2.22. The van der Waals surface area contributed by atoms with E-state index in [9.17, 15) is 18.0 Å². The van der Waals surface area contributed by atoms with E-state index in [0.717, 1.165) is 0 Å². The molecule has 2 aromatic rings. The number of thiophene rings is 1. The Morgan fingerprint density at radius 3 is 2.50 bits per heavy atom. The van der Waals surface area contributed by atoms with Crippen molar-refractivity contribution in [2.45, 2.75) is 4.21 Å². The van der Waals surface area contributed by atoms with Gasteiger partial charge in [-0.3, -0.25) is 4.79 Å². The number of aromatic nitrogens is 2. The van der Waals surface area contributed by atoms with Crippen LogP contribution in [0.1, 0.15) is 10.5 Å². The summed E-state index contributed by atoms with van der Waals surface area (Å²) in [6.07, 6.45) is 1.32. The molecule has 1 fully saturated rings. The standard InChI is InChI=1S/C12H14N4O4S2/c17-11(9-8-13-12(18)14-9)15-3-5-16(6-4-15)22(19,20)10-2-1-7-21-10/h1-2,7-8H,3-6H2,(H2,13,14,18). The molecule has 0 saturated carbocycles. The van der Waals surface area contributed by atoms with Gasteiger partial charge in [0.15, 0.2) is 0 Å². The summed E-state index contributed by atoms with van der Waals surface area (Å²) in [5.41, 5.74) is -0.262. The zero-order chi connectivity index (χ0) is 15.7. The smallest absolute Gasteiger partial charge is 0.323 e. The lowest BCUT2D eigenvalue weighted by atomic mass is 10.3. The Bertz CT molecular complexity index is 813. The summed E-state index contributed by atoms with van der Waals surface area (Å²) in [4.78, 5) is 29.5. The van der Waals surface area contributed by atoms with Crippen LogP contribution in [0, 0.1) is 0 Å². The Kier molecular flexibility index (Phi) is 3.89. The summed E-state index contributed by atoms with van der Waals surface area (Å²) in [5, 5.41) is 1.72. The van der Waals surface area contributed by atoms with Crippen LogP contribution in [-0.4, -0.2) is 59.7 Å². The number of amides is 1. The lowest BCUT2D eigenvalue weighted by Crippen LogP contribution is -2.50. The molecule has 2 N–H and O–H groups in total. The minimum absolute atomic E-state index is 0.180. The van der Waals surface area contributed by atoms with Crippen molar-refractivity contribution in [3.63, 3.8) is 0 Å². The minimum Gasteiger partial charge on any atom is -0.335 e. The number of carbonyl (C=O) groups is 1. The molecule has 2 aromatic heterocycles. The molecule has 3 heterocycles. The van der Waals surface area contributed by atoms with E-state index in [4.69, 9.17) is 0 Å². The number of nitrogens with zero attached hydrogens (tertiary/aromatic N) is 2. The van der Waals surface area contributed by atoms with Crippen LogP contribution in [0.15, 0.2) is 32.7 Å². The Balaban J connectivity index is 1.68. The summed E-state index contributed by atoms with van der Waals surface area (Å²) in [6.45, 7) is 1.05. The van der Waals surface area contributed by atoms with Gasteiger partial charge in [-0.05, 0) is 11.4 Å². The van der Waals surface area contributed by atoms with E-state index in [2.05, 4.69) is 9.97 Å². The van der Waals surface area contributed by atoms with Crippen molar-refractivity contribution < 1.29 is 13.2 Å². The van der Waals surface area contributed by atoms with Crippen molar-refractivity contribution in [2.24, 2.45) is 0 Å². The first kappa shape index (κ1) is 15.0. The van der Waals surface area contributed by atoms with Crippen molar-refractivity contribution in [1.29, 1.82) is 0 Å². The van der Waals surface area contributed by atoms with Gasteiger partial charge in [0.1, 0.15) is 9.90 Å². The number of aromatic amines is 2. The first-order valence-electron chi connectivity index (χ1n) is 6.59. The Labute approximate surface area is 130 Å². The topological polar surface area (TPSA) is 106 Å². The molecule has 0 spiro atoms. The third-order valence-electron chi connectivity index (χ3n) is 3.44. The van der Waals surface area contributed by atoms with Gasteiger partial charge < -0.3 is 14.9 Å². The number of sulfonamides is 1. The molecule has 0 atom stereocenters. The van der Waals surface area contributed by atoms with Crippen LogP contribution in [0.5, 0.6) is 0 Å². The van der Waals surface area contributed by atoms with Crippen LogP contribution in [0.3, 0.4) is 0 Å². The molecular weight excluding hydrogens is 328 g/mol. The molecule has 22 heavy (non-hydrogen) atoms. The molecule has 10 heteroatoms. The number of hydrogen-bond donors (Lipinski definition) is 2. The van der Waals surface area contributed by atoms with E-state index < -0.39 is 15.7 Å². The first-order valence-corrected chi connectivity index (χ1v) is 8.91. The maximum absolute atomic E-state index is 12.4. The largest absolute Gasteiger partial charge is 0.335 e. The molecule has 0 bridgehead atoms. The third kappa shape index (κ3) is 2.72. The van der Waals surface area contributed by atoms with Gasteiger partial charge in [0.2, 0.25) is 0 Å². The lowest BCUT2D eigenvalue weighted by molar-refractivity contribution is 0.0692. The number of rotatable bonds is 3. The van der Waals surface area contributed by atoms with Gasteiger partial charge in [-0.2, -0.15) is 4.31 Å². The SMILES string of the molecule is O=C(c1c[nH]c(=O)[nH]1)N1CCN(S(=O)(=O)c2cccs2)CC1. The highest BCUT2D eigenvalue weighted by Gasteiger charge is 2.31. The first-order chi connectivity index (χ1) is 10.5. The zero-order valence-corrected chi connectivity index (χ0v) is 13.1. The summed E-state index contributed by atoms with van der Waals surface area (Å²) in [5.74, 6) is -0.313. The van der Waals surface area contributed by atoms with Crippen molar-refractivity contribution in [2.75, 3.05) is 26.2 Å². The number of imidazole rings is 1. The maximum Gasteiger partial charge on any atom is 0.323 e. The molecule has 0 aromatic carbocycles. The molecule has 118 valence electrons. The van der Waals surface area contributed by atoms with Crippen LogP contribution in [0.25, 0.3) is 0 Å². The van der Waals surface area contributed by atoms with Crippen molar-refractivity contribution in [3.8, 4) is 0 Å². The van der Waals surface area contributed by atoms with Gasteiger partial charge in [0.05, 0.1) is 0 Å². The molecular formula is C12H14N4O4S2. The van der Waals surface area contributed by atoms with Gasteiger partial charge in [-0.1, -0.05) is 6.07 Å². The predicted octanol–water partition coefficient (Wildman–Crippen LogP) is -0.0888. The number of nitrogens with one attached hydrogen (secondary N) is 2. The molecule has 1 amide bonds. The average molecular weight is 342 g/mol. The summed E-state index contributed by atoms with van der Waals surface area (Å²) >= 11 is 1.18. The Hall–Kier alpha value is -1.91. The van der Waals surface area contributed by atoms with Gasteiger partial charge in [-0.15, -0.1) is 11.3 Å². The maximum atomic E-state index is 12.4. The van der Waals surface area contributed by atoms with E-state index in [-0.39, 0.29) is 37.8 Å². The quantitative estimate of drug-likeness (QED) is 0.813. The zero-order valence-electron chi connectivity index (χ0n) is 11.5. The Morgan fingerprint density at radius 2 is 1.95 bits per heavy atom. The monoisotopic (exact) mass is 342 g/mol. The van der Waals surface area contributed by atoms with Crippen LogP contribution in [0.4, 0.5) is 0 Å². The second-order valence-electron chi connectivity index (χ2n) is 4.78. The van der Waals surface area contributed by atoms with Crippen LogP contribution >= 0.6 is 11.3 Å². The van der Waals surface area contributed by atoms with Gasteiger partial charge >= 0.3 is 5.69 Å². The molecule has 8 nitrogen and oxygen atoms in total. The van der Waals surface area contributed by atoms with E-state index in [1.807, 2.05) is 0 Å². The normalized spacial score (nSPS) is 16.8. The summed E-state index contributed by atoms with van der Waals surface area (Å²) in [6, 6.07) is 3.27. The Morgan fingerprint density at radius 1 is 1.23 bits per heavy atom. The van der Waals surface area contributed by atoms with E-state index >= 15 is 0 Å². The lowest BCUT2D eigenvalue weighted by Gasteiger charge is -2.33. The highest BCUT2D eigenvalue weighted by molar-refractivity contribution is 7.91. The number of H-pyrrole nitrogens is 2. The van der Waals surface area contributed by atoms with Crippen molar-refractivity contribution in [3.05, 3.63) is 39.9 Å². The predicted molar refractivity (Wildman–Crippen MR) is 80.4 cm³/mol. The highest BCUT2D eigenvalue weighted by atomic mass is 32.2. The van der Waals surface area contributed by atoms with Crippen LogP contribution < -0.4 is 5.69 Å². The van der Waals surface area contributed by atoms with Gasteiger partial charge in [-0.25, -0.2) is 13.2 Å². The molecule has 0 radical (unpaired) electrons. The molecule has 1 aliphatic rings. The van der Waals surface area contributed by atoms with E-state index in [1.165, 1.54) is 26.7 Å². The average Bonchev–Trinajstić information content (AvgIpc) is 3.18. The van der Waals surface area contributed by atoms with E-state index in [0.29, 0.717) is 4.21 Å². The fraction of sp³-hybridized carbons (Fsp3) is 0.333. The molecule has 0 unspecified atom stereocenters. The van der Waals surface area contributed by atoms with Crippen molar-refractivity contribution in [1.82, 2.24) is 19.2 Å². The number of piperazine rings is 1. The molecule has 1 saturated heterocycles. The second kappa shape index (κ2) is 5.71. The fourth-order valence-electron chi connectivity index (χ4n) is 2.29. The molecule has 3 rings (SSSR count). The third-order valence-corrected chi connectivity index (χ3v) is 6.71. The summed E-state index contributed by atoms with van der Waals surface area (Å²) in [7, 11) is -3.48. The minimum atomic E-state index is -3.48.